The normalized spacial score (nSPS) is 14.5. The molecule has 0 aliphatic carbocycles. The average Bonchev–Trinajstić information content (AvgIpc) is 3.02. The van der Waals surface area contributed by atoms with Crippen LogP contribution >= 0.6 is 11.6 Å². The van der Waals surface area contributed by atoms with E-state index in [1.165, 1.54) is 0 Å². The minimum absolute atomic E-state index is 0.139. The largest absolute Gasteiger partial charge is 0.490 e. The van der Waals surface area contributed by atoms with Gasteiger partial charge in [0, 0.05) is 10.6 Å². The molecule has 2 aromatic carbocycles. The highest BCUT2D eigenvalue weighted by molar-refractivity contribution is 6.31. The van der Waals surface area contributed by atoms with Gasteiger partial charge in [-0.25, -0.2) is 9.79 Å². The van der Waals surface area contributed by atoms with Crippen LogP contribution in [-0.4, -0.2) is 25.1 Å². The van der Waals surface area contributed by atoms with Gasteiger partial charge in [-0.2, -0.15) is 0 Å². The summed E-state index contributed by atoms with van der Waals surface area (Å²) < 4.78 is 16.3. The Balaban J connectivity index is 1.90. The van der Waals surface area contributed by atoms with Crippen molar-refractivity contribution in [3.05, 3.63) is 64.3 Å². The maximum atomic E-state index is 12.2. The van der Waals surface area contributed by atoms with Crippen molar-refractivity contribution >= 4 is 29.5 Å². The Bertz CT molecular complexity index is 972. The predicted octanol–water partition coefficient (Wildman–Crippen LogP) is 4.10. The minimum atomic E-state index is -0.532. The molecule has 0 aromatic heterocycles. The molecule has 0 radical (unpaired) electrons. The fourth-order valence-corrected chi connectivity index (χ4v) is 2.62. The molecule has 3 rings (SSSR count). The lowest BCUT2D eigenvalue weighted by Gasteiger charge is -2.10. The van der Waals surface area contributed by atoms with Crippen LogP contribution in [0.5, 0.6) is 11.5 Å². The Labute approximate surface area is 162 Å². The number of halogens is 1. The van der Waals surface area contributed by atoms with Crippen LogP contribution in [-0.2, 0) is 9.53 Å². The molecule has 2 aromatic rings. The summed E-state index contributed by atoms with van der Waals surface area (Å²) in [4.78, 5) is 16.4. The van der Waals surface area contributed by atoms with Crippen LogP contribution < -0.4 is 9.47 Å². The van der Waals surface area contributed by atoms with E-state index in [4.69, 9.17) is 32.2 Å². The van der Waals surface area contributed by atoms with Gasteiger partial charge >= 0.3 is 5.97 Å². The molecule has 0 saturated heterocycles. The van der Waals surface area contributed by atoms with Crippen LogP contribution in [0.1, 0.15) is 18.1 Å². The number of benzene rings is 2. The van der Waals surface area contributed by atoms with Gasteiger partial charge < -0.3 is 14.2 Å². The number of nitrogens with zero attached hydrogens (tertiary/aromatic N) is 1. The number of esters is 1. The Morgan fingerprint density at radius 1 is 1.22 bits per heavy atom. The molecule has 0 atom stereocenters. The lowest BCUT2D eigenvalue weighted by Crippen LogP contribution is -2.05. The molecule has 0 fully saturated rings. The minimum Gasteiger partial charge on any atom is -0.490 e. The van der Waals surface area contributed by atoms with E-state index >= 15 is 0 Å². The third kappa shape index (κ3) is 4.49. The van der Waals surface area contributed by atoms with Gasteiger partial charge in [0.05, 0.1) is 6.61 Å². The van der Waals surface area contributed by atoms with Gasteiger partial charge in [-0.1, -0.05) is 29.7 Å². The molecular weight excluding hydrogens is 366 g/mol. The average molecular weight is 382 g/mol. The maximum absolute atomic E-state index is 12.2. The third-order valence-corrected chi connectivity index (χ3v) is 3.81. The first-order valence-corrected chi connectivity index (χ1v) is 8.60. The van der Waals surface area contributed by atoms with E-state index in [0.29, 0.717) is 28.7 Å². The van der Waals surface area contributed by atoms with Gasteiger partial charge in [-0.05, 0) is 48.9 Å². The summed E-state index contributed by atoms with van der Waals surface area (Å²) in [5.74, 6) is 3.17. The molecule has 1 aliphatic rings. The second-order valence-electron chi connectivity index (χ2n) is 5.48. The van der Waals surface area contributed by atoms with Crippen molar-refractivity contribution in [2.24, 2.45) is 4.99 Å². The van der Waals surface area contributed by atoms with E-state index < -0.39 is 5.97 Å². The number of aliphatic imine (C=N–C) groups is 1. The number of hydrogen-bond acceptors (Lipinski definition) is 5. The number of carbonyl (C=O) groups is 1. The third-order valence-electron chi connectivity index (χ3n) is 3.57. The van der Waals surface area contributed by atoms with Crippen molar-refractivity contribution in [1.29, 1.82) is 0 Å². The van der Waals surface area contributed by atoms with Crippen LogP contribution in [0.4, 0.5) is 0 Å². The topological polar surface area (TPSA) is 57.1 Å². The Morgan fingerprint density at radius 2 is 2.07 bits per heavy atom. The standard InChI is InChI=1S/C21H16ClNO4/c1-3-10-26-18-9-8-14(12-19(18)25-4-2)11-17-21(24)27-20(23-17)15-6-5-7-16(22)13-15/h1,5-9,11-13H,4,10H2,2H3. The molecule has 1 aliphatic heterocycles. The number of cyclic esters (lactones) is 1. The zero-order valence-corrected chi connectivity index (χ0v) is 15.3. The van der Waals surface area contributed by atoms with Crippen molar-refractivity contribution in [3.8, 4) is 23.8 Å². The Hall–Kier alpha value is -3.23. The molecule has 0 saturated carbocycles. The van der Waals surface area contributed by atoms with E-state index in [1.54, 1.807) is 48.5 Å². The first-order valence-electron chi connectivity index (χ1n) is 8.22. The number of rotatable bonds is 6. The summed E-state index contributed by atoms with van der Waals surface area (Å²) in [6.45, 7) is 2.47. The predicted molar refractivity (Wildman–Crippen MR) is 104 cm³/mol. The molecule has 0 unspecified atom stereocenters. The molecule has 0 amide bonds. The summed E-state index contributed by atoms with van der Waals surface area (Å²) in [5, 5.41) is 0.535. The van der Waals surface area contributed by atoms with Crippen LogP contribution in [0.3, 0.4) is 0 Å². The molecule has 5 nitrogen and oxygen atoms in total. The Kier molecular flexibility index (Phi) is 5.80. The Morgan fingerprint density at radius 3 is 2.81 bits per heavy atom. The zero-order valence-electron chi connectivity index (χ0n) is 14.6. The second-order valence-corrected chi connectivity index (χ2v) is 5.91. The lowest BCUT2D eigenvalue weighted by atomic mass is 10.1. The van der Waals surface area contributed by atoms with Crippen molar-refractivity contribution in [1.82, 2.24) is 0 Å². The van der Waals surface area contributed by atoms with E-state index in [1.807, 2.05) is 6.92 Å². The summed E-state index contributed by atoms with van der Waals surface area (Å²) in [5.41, 5.74) is 1.53. The summed E-state index contributed by atoms with van der Waals surface area (Å²) in [6, 6.07) is 12.2. The fourth-order valence-electron chi connectivity index (χ4n) is 2.43. The first kappa shape index (κ1) is 18.6. The van der Waals surface area contributed by atoms with Gasteiger partial charge in [0.15, 0.2) is 17.2 Å². The van der Waals surface area contributed by atoms with Gasteiger partial charge in [0.2, 0.25) is 5.90 Å². The van der Waals surface area contributed by atoms with E-state index in [-0.39, 0.29) is 18.2 Å². The fraction of sp³-hybridized carbons (Fsp3) is 0.143. The quantitative estimate of drug-likeness (QED) is 0.429. The lowest BCUT2D eigenvalue weighted by molar-refractivity contribution is -0.129. The van der Waals surface area contributed by atoms with Gasteiger partial charge in [0.1, 0.15) is 6.61 Å². The van der Waals surface area contributed by atoms with E-state index in [2.05, 4.69) is 10.9 Å². The zero-order chi connectivity index (χ0) is 19.2. The molecule has 0 bridgehead atoms. The number of hydrogen-bond donors (Lipinski definition) is 0. The number of ether oxygens (including phenoxy) is 3. The monoisotopic (exact) mass is 381 g/mol. The van der Waals surface area contributed by atoms with Crippen molar-refractivity contribution < 1.29 is 19.0 Å². The smallest absolute Gasteiger partial charge is 0.363 e. The molecule has 0 spiro atoms. The highest BCUT2D eigenvalue weighted by atomic mass is 35.5. The van der Waals surface area contributed by atoms with Gasteiger partial charge in [-0.3, -0.25) is 0 Å². The van der Waals surface area contributed by atoms with Crippen molar-refractivity contribution in [2.75, 3.05) is 13.2 Å². The molecule has 6 heteroatoms. The molecule has 27 heavy (non-hydrogen) atoms. The number of terminal acetylenes is 1. The summed E-state index contributed by atoms with van der Waals surface area (Å²) in [7, 11) is 0. The van der Waals surface area contributed by atoms with Crippen LogP contribution in [0.25, 0.3) is 6.08 Å². The summed E-state index contributed by atoms with van der Waals surface area (Å²) >= 11 is 5.98. The van der Waals surface area contributed by atoms with Crippen LogP contribution in [0, 0.1) is 12.3 Å². The van der Waals surface area contributed by atoms with Crippen molar-refractivity contribution in [3.63, 3.8) is 0 Å². The molecule has 0 N–H and O–H groups in total. The van der Waals surface area contributed by atoms with Crippen molar-refractivity contribution in [2.45, 2.75) is 6.92 Å². The maximum Gasteiger partial charge on any atom is 0.363 e. The number of carbonyl (C=O) groups excluding carboxylic acids is 1. The highest BCUT2D eigenvalue weighted by Crippen LogP contribution is 2.30. The molecular formula is C21H16ClNO4. The SMILES string of the molecule is C#CCOc1ccc(C=C2N=C(c3cccc(Cl)c3)OC2=O)cc1OCC. The second kappa shape index (κ2) is 8.43. The van der Waals surface area contributed by atoms with Crippen LogP contribution in [0.15, 0.2) is 53.2 Å². The van der Waals surface area contributed by atoms with Crippen LogP contribution in [0.2, 0.25) is 5.02 Å². The molecule has 136 valence electrons. The summed E-state index contributed by atoms with van der Waals surface area (Å²) in [6.07, 6.45) is 6.84. The molecule has 1 heterocycles. The van der Waals surface area contributed by atoms with E-state index in [0.717, 1.165) is 5.56 Å². The highest BCUT2D eigenvalue weighted by Gasteiger charge is 2.24. The first-order chi connectivity index (χ1) is 13.1. The van der Waals surface area contributed by atoms with Gasteiger partial charge in [-0.15, -0.1) is 6.42 Å². The van der Waals surface area contributed by atoms with E-state index in [9.17, 15) is 4.79 Å². The van der Waals surface area contributed by atoms with Gasteiger partial charge in [0.25, 0.3) is 0 Å².